The van der Waals surface area contributed by atoms with E-state index >= 15 is 0 Å². The van der Waals surface area contributed by atoms with Crippen LogP contribution < -0.4 is 15.0 Å². The van der Waals surface area contributed by atoms with E-state index in [4.69, 9.17) is 13.9 Å². The van der Waals surface area contributed by atoms with Crippen molar-refractivity contribution in [1.82, 2.24) is 14.8 Å². The predicted molar refractivity (Wildman–Crippen MR) is 136 cm³/mol. The van der Waals surface area contributed by atoms with Gasteiger partial charge >= 0.3 is 0 Å². The molecule has 10 heteroatoms. The Morgan fingerprint density at radius 2 is 1.94 bits per heavy atom. The van der Waals surface area contributed by atoms with Crippen molar-refractivity contribution in [3.63, 3.8) is 0 Å². The maximum Gasteiger partial charge on any atom is 0.237 e. The minimum absolute atomic E-state index is 0.137. The van der Waals surface area contributed by atoms with Crippen LogP contribution in [0.5, 0.6) is 5.75 Å². The van der Waals surface area contributed by atoms with Crippen molar-refractivity contribution >= 4 is 51.2 Å². The number of aromatic nitrogens is 3. The van der Waals surface area contributed by atoms with Crippen molar-refractivity contribution in [2.45, 2.75) is 36.2 Å². The monoisotopic (exact) mass is 493 g/mol. The van der Waals surface area contributed by atoms with Crippen molar-refractivity contribution in [1.29, 1.82) is 0 Å². The number of nitrogens with one attached hydrogen (secondary N) is 1. The zero-order valence-corrected chi connectivity index (χ0v) is 20.5. The summed E-state index contributed by atoms with van der Waals surface area (Å²) in [5, 5.41) is 14.3. The molecule has 6 rings (SSSR count). The van der Waals surface area contributed by atoms with Crippen LogP contribution in [0.25, 0.3) is 21.9 Å². The fourth-order valence-corrected chi connectivity index (χ4v) is 5.36. The van der Waals surface area contributed by atoms with Crippen molar-refractivity contribution in [3.8, 4) is 5.75 Å². The van der Waals surface area contributed by atoms with Gasteiger partial charge in [-0.25, -0.2) is 0 Å². The summed E-state index contributed by atoms with van der Waals surface area (Å²) in [5.41, 5.74) is 2.08. The smallest absolute Gasteiger partial charge is 0.237 e. The molecule has 35 heavy (non-hydrogen) atoms. The van der Waals surface area contributed by atoms with Gasteiger partial charge in [0.25, 0.3) is 0 Å². The summed E-state index contributed by atoms with van der Waals surface area (Å²) in [7, 11) is 1.60. The second-order valence-electron chi connectivity index (χ2n) is 8.88. The van der Waals surface area contributed by atoms with Crippen LogP contribution in [0.1, 0.15) is 25.8 Å². The third-order valence-corrected chi connectivity index (χ3v) is 7.52. The molecule has 1 aliphatic heterocycles. The maximum absolute atomic E-state index is 13.2. The number of nitrogens with zero attached hydrogens (tertiary/aromatic N) is 4. The van der Waals surface area contributed by atoms with Gasteiger partial charge < -0.3 is 24.1 Å². The van der Waals surface area contributed by atoms with E-state index in [1.165, 1.54) is 11.8 Å². The van der Waals surface area contributed by atoms with Crippen LogP contribution in [0.3, 0.4) is 0 Å². The number of morpholine rings is 1. The van der Waals surface area contributed by atoms with Gasteiger partial charge in [-0.05, 0) is 31.9 Å². The van der Waals surface area contributed by atoms with Crippen LogP contribution in [-0.4, -0.2) is 59.3 Å². The number of ether oxygens (including phenoxy) is 2. The van der Waals surface area contributed by atoms with Gasteiger partial charge in [-0.1, -0.05) is 30.0 Å². The lowest BCUT2D eigenvalue weighted by molar-refractivity contribution is -0.115. The molecule has 1 atom stereocenters. The molecule has 2 aromatic heterocycles. The van der Waals surface area contributed by atoms with Crippen LogP contribution in [0.4, 0.5) is 11.6 Å². The lowest BCUT2D eigenvalue weighted by Gasteiger charge is -2.28. The number of carbonyl (C=O) groups excluding carboxylic acids is 1. The lowest BCUT2D eigenvalue weighted by atomic mass is 10.1. The Bertz CT molecular complexity index is 1390. The van der Waals surface area contributed by atoms with E-state index in [-0.39, 0.29) is 11.2 Å². The molecule has 0 radical (unpaired) electrons. The number of thioether (sulfide) groups is 1. The Hall–Kier alpha value is -3.24. The number of rotatable bonds is 7. The summed E-state index contributed by atoms with van der Waals surface area (Å²) in [6.07, 6.45) is 2.22. The number of anilines is 2. The van der Waals surface area contributed by atoms with Gasteiger partial charge in [0, 0.05) is 36.0 Å². The third-order valence-electron chi connectivity index (χ3n) is 6.46. The summed E-state index contributed by atoms with van der Waals surface area (Å²) < 4.78 is 19.3. The van der Waals surface area contributed by atoms with Gasteiger partial charge in [0.05, 0.1) is 31.3 Å². The van der Waals surface area contributed by atoms with Gasteiger partial charge in [-0.3, -0.25) is 9.36 Å². The summed E-state index contributed by atoms with van der Waals surface area (Å²) in [4.78, 5) is 15.4. The number of methoxy groups -OCH3 is 1. The minimum Gasteiger partial charge on any atom is -0.495 e. The normalized spacial score (nSPS) is 17.1. The summed E-state index contributed by atoms with van der Waals surface area (Å²) in [5.74, 6) is 1.33. The van der Waals surface area contributed by atoms with E-state index in [1.807, 2.05) is 43.3 Å². The number of amides is 1. The van der Waals surface area contributed by atoms with Gasteiger partial charge in [-0.2, -0.15) is 0 Å². The molecule has 1 aliphatic carbocycles. The zero-order valence-electron chi connectivity index (χ0n) is 19.7. The highest BCUT2D eigenvalue weighted by Gasteiger charge is 2.33. The minimum atomic E-state index is -0.384. The van der Waals surface area contributed by atoms with Crippen molar-refractivity contribution in [3.05, 3.63) is 36.4 Å². The number of para-hydroxylation sites is 1. The molecule has 182 valence electrons. The van der Waals surface area contributed by atoms with Crippen LogP contribution >= 0.6 is 11.8 Å². The van der Waals surface area contributed by atoms with Crippen molar-refractivity contribution < 1.29 is 18.7 Å². The van der Waals surface area contributed by atoms with E-state index < -0.39 is 0 Å². The molecular formula is C25H27N5O4S. The second-order valence-corrected chi connectivity index (χ2v) is 10.2. The Morgan fingerprint density at radius 1 is 1.14 bits per heavy atom. The number of hydrogen-bond donors (Lipinski definition) is 1. The fraction of sp³-hybridized carbons (Fsp3) is 0.400. The Labute approximate surface area is 206 Å². The first-order valence-electron chi connectivity index (χ1n) is 11.9. The zero-order chi connectivity index (χ0) is 23.9. The van der Waals surface area contributed by atoms with E-state index in [0.717, 1.165) is 53.4 Å². The average molecular weight is 494 g/mol. The molecule has 9 nitrogen and oxygen atoms in total. The van der Waals surface area contributed by atoms with Gasteiger partial charge in [0.1, 0.15) is 16.9 Å². The Kier molecular flexibility index (Phi) is 5.77. The Balaban J connectivity index is 1.23. The topological polar surface area (TPSA) is 94.6 Å². The van der Waals surface area contributed by atoms with Gasteiger partial charge in [0.2, 0.25) is 11.9 Å². The first-order chi connectivity index (χ1) is 17.1. The highest BCUT2D eigenvalue weighted by atomic mass is 32.2. The molecule has 1 unspecified atom stereocenters. The predicted octanol–water partition coefficient (Wildman–Crippen LogP) is 4.48. The first-order valence-corrected chi connectivity index (χ1v) is 12.7. The van der Waals surface area contributed by atoms with Crippen LogP contribution in [0.15, 0.2) is 46.0 Å². The molecule has 1 N–H and O–H groups in total. The number of fused-ring (bicyclic) bond motifs is 3. The summed E-state index contributed by atoms with van der Waals surface area (Å²) >= 11 is 1.43. The largest absolute Gasteiger partial charge is 0.495 e. The molecule has 2 aliphatic rings. The summed E-state index contributed by atoms with van der Waals surface area (Å²) in [6.45, 7) is 4.87. The van der Waals surface area contributed by atoms with E-state index in [1.54, 1.807) is 7.11 Å². The molecular weight excluding hydrogens is 466 g/mol. The molecule has 1 amide bonds. The molecule has 1 saturated carbocycles. The quantitative estimate of drug-likeness (QED) is 0.377. The molecule has 2 fully saturated rings. The summed E-state index contributed by atoms with van der Waals surface area (Å²) in [6, 6.07) is 12.0. The van der Waals surface area contributed by atoms with E-state index in [2.05, 4.69) is 25.0 Å². The lowest BCUT2D eigenvalue weighted by Crippen LogP contribution is -2.38. The molecule has 0 spiro atoms. The third kappa shape index (κ3) is 4.21. The number of benzene rings is 2. The van der Waals surface area contributed by atoms with E-state index in [0.29, 0.717) is 36.3 Å². The van der Waals surface area contributed by atoms with Crippen molar-refractivity contribution in [2.75, 3.05) is 43.6 Å². The first kappa shape index (κ1) is 22.2. The van der Waals surface area contributed by atoms with Crippen LogP contribution in [0.2, 0.25) is 0 Å². The second kappa shape index (κ2) is 9.09. The van der Waals surface area contributed by atoms with Crippen LogP contribution in [0, 0.1) is 0 Å². The highest BCUT2D eigenvalue weighted by molar-refractivity contribution is 8.00. The number of hydrogen-bond acceptors (Lipinski definition) is 8. The number of carbonyl (C=O) groups is 1. The van der Waals surface area contributed by atoms with E-state index in [9.17, 15) is 4.79 Å². The SMILES string of the molecule is COc1cc2c(cc1NC(=O)C(C)Sc1nnc(N3CCOCC3)n1C1CC1)oc1ccccc12. The fourth-order valence-electron chi connectivity index (χ4n) is 4.44. The molecule has 1 saturated heterocycles. The average Bonchev–Trinajstić information content (AvgIpc) is 3.54. The van der Waals surface area contributed by atoms with Gasteiger partial charge in [-0.15, -0.1) is 10.2 Å². The highest BCUT2D eigenvalue weighted by Crippen LogP contribution is 2.42. The standard InChI is InChI=1S/C25H27N5O4S/c1-15(35-25-28-27-24(30(25)16-7-8-16)29-9-11-33-12-10-29)23(31)26-19-14-21-18(13-22(19)32-2)17-5-3-4-6-20(17)34-21/h3-6,13-16H,7-12H2,1-2H3,(H,26,31). The maximum atomic E-state index is 13.2. The van der Waals surface area contributed by atoms with Crippen molar-refractivity contribution in [2.24, 2.45) is 0 Å². The van der Waals surface area contributed by atoms with Crippen LogP contribution in [-0.2, 0) is 9.53 Å². The molecule has 2 aromatic carbocycles. The molecule has 3 heterocycles. The number of furan rings is 1. The molecule has 4 aromatic rings. The Morgan fingerprint density at radius 3 is 2.71 bits per heavy atom. The van der Waals surface area contributed by atoms with Gasteiger partial charge in [0.15, 0.2) is 5.16 Å². The molecule has 0 bridgehead atoms.